The van der Waals surface area contributed by atoms with Crippen molar-refractivity contribution in [2.75, 3.05) is 19.0 Å². The molecule has 2 aromatic heterocycles. The molecule has 10 nitrogen and oxygen atoms in total. The predicted octanol–water partition coefficient (Wildman–Crippen LogP) is 4.01. The largest absolute Gasteiger partial charge is 0.457 e. The van der Waals surface area contributed by atoms with Crippen LogP contribution in [0.5, 0.6) is 0 Å². The van der Waals surface area contributed by atoms with Gasteiger partial charge in [-0.25, -0.2) is 23.7 Å². The van der Waals surface area contributed by atoms with E-state index >= 15 is 0 Å². The van der Waals surface area contributed by atoms with Gasteiger partial charge in [0.1, 0.15) is 31.3 Å². The maximum atomic E-state index is 13.3. The molecule has 1 fully saturated rings. The summed E-state index contributed by atoms with van der Waals surface area (Å²) in [6.07, 6.45) is 9.96. The molecular formula is C31H35N4O6S2+. The zero-order valence-electron chi connectivity index (χ0n) is 24.4. The first-order valence-electron chi connectivity index (χ1n) is 14.0. The first kappa shape index (κ1) is 30.7. The van der Waals surface area contributed by atoms with E-state index in [9.17, 15) is 14.4 Å². The van der Waals surface area contributed by atoms with E-state index in [1.54, 1.807) is 18.3 Å². The highest BCUT2D eigenvalue weighted by Crippen LogP contribution is 2.50. The second kappa shape index (κ2) is 13.3. The lowest BCUT2D eigenvalue weighted by molar-refractivity contribution is -0.671. The van der Waals surface area contributed by atoms with E-state index < -0.39 is 23.8 Å². The molecule has 0 radical (unpaired) electrons. The Labute approximate surface area is 258 Å². The summed E-state index contributed by atoms with van der Waals surface area (Å²) in [6.45, 7) is 11.7. The SMILES string of the molecule is C=CCOOC(=O)C(C)C1C(=O)N2C(C(=O)OCC=C)=C(CSc3nc4cc(CCn5cc[n+](C)c5)ccc4s3)[C@H](C)C12. The van der Waals surface area contributed by atoms with Gasteiger partial charge >= 0.3 is 11.9 Å². The first-order valence-corrected chi connectivity index (χ1v) is 15.8. The maximum Gasteiger partial charge on any atom is 0.355 e. The van der Waals surface area contributed by atoms with Crippen LogP contribution in [0.2, 0.25) is 0 Å². The molecular weight excluding hydrogens is 588 g/mol. The second-order valence-electron chi connectivity index (χ2n) is 10.7. The Morgan fingerprint density at radius 3 is 2.77 bits per heavy atom. The average molecular weight is 624 g/mol. The molecule has 0 bridgehead atoms. The smallest absolute Gasteiger partial charge is 0.355 e. The molecule has 3 aromatic rings. The number of amides is 1. The number of benzene rings is 1. The molecule has 43 heavy (non-hydrogen) atoms. The standard InChI is InChI=1S/C31H35N4O6S2/c1-6-14-39-30(38)27-22(19(3)26-25(28(36)35(26)27)20(4)29(37)41-40-15-7-2)17-42-31-32-23-16-21(8-9-24(23)43-31)10-11-34-13-12-33(5)18-34/h6-9,12-13,16,18-20,25-26H,1-2,10-11,14-15,17H2,3-5H3/q+1/t19-,20?,25?,26?/m0/s1. The van der Waals surface area contributed by atoms with Crippen molar-refractivity contribution in [1.29, 1.82) is 0 Å². The van der Waals surface area contributed by atoms with E-state index in [1.807, 2.05) is 24.7 Å². The van der Waals surface area contributed by atoms with Crippen LogP contribution < -0.4 is 4.57 Å². The molecule has 0 saturated carbocycles. The van der Waals surface area contributed by atoms with Crippen LogP contribution in [0.4, 0.5) is 0 Å². The highest BCUT2D eigenvalue weighted by molar-refractivity contribution is 8.01. The van der Waals surface area contributed by atoms with E-state index in [4.69, 9.17) is 19.5 Å². The molecule has 5 rings (SSSR count). The number of ether oxygens (including phenoxy) is 1. The molecule has 1 amide bonds. The number of esters is 1. The summed E-state index contributed by atoms with van der Waals surface area (Å²) in [4.78, 5) is 55.1. The van der Waals surface area contributed by atoms with Gasteiger partial charge in [0.25, 0.3) is 0 Å². The quantitative estimate of drug-likeness (QED) is 0.0388. The van der Waals surface area contributed by atoms with Crippen molar-refractivity contribution in [1.82, 2.24) is 14.5 Å². The van der Waals surface area contributed by atoms with Crippen molar-refractivity contribution in [2.24, 2.45) is 24.8 Å². The van der Waals surface area contributed by atoms with Gasteiger partial charge in [0.2, 0.25) is 12.2 Å². The third-order valence-corrected chi connectivity index (χ3v) is 10.1. The van der Waals surface area contributed by atoms with Crippen LogP contribution in [0, 0.1) is 17.8 Å². The molecule has 12 heteroatoms. The number of hydrogen-bond donors (Lipinski definition) is 0. The van der Waals surface area contributed by atoms with Crippen molar-refractivity contribution in [3.63, 3.8) is 0 Å². The molecule has 1 saturated heterocycles. The predicted molar refractivity (Wildman–Crippen MR) is 163 cm³/mol. The van der Waals surface area contributed by atoms with E-state index in [2.05, 4.69) is 48.4 Å². The first-order chi connectivity index (χ1) is 20.7. The summed E-state index contributed by atoms with van der Waals surface area (Å²) < 4.78 is 11.5. The topological polar surface area (TPSA) is 104 Å². The minimum atomic E-state index is -0.753. The number of carbonyl (C=O) groups is 3. The van der Waals surface area contributed by atoms with Crippen LogP contribution in [0.25, 0.3) is 10.2 Å². The Balaban J connectivity index is 1.31. The number of nitrogens with zero attached hydrogens (tertiary/aromatic N) is 4. The van der Waals surface area contributed by atoms with Crippen LogP contribution >= 0.6 is 23.1 Å². The molecule has 2 aliphatic rings. The van der Waals surface area contributed by atoms with Gasteiger partial charge in [0.15, 0.2) is 4.34 Å². The molecule has 0 spiro atoms. The van der Waals surface area contributed by atoms with Gasteiger partial charge in [-0.1, -0.05) is 50.4 Å². The Kier molecular flexibility index (Phi) is 9.48. The van der Waals surface area contributed by atoms with E-state index in [-0.39, 0.29) is 36.8 Å². The van der Waals surface area contributed by atoms with Crippen molar-refractivity contribution in [2.45, 2.75) is 37.2 Å². The number of β-lactam (4-membered cyclic amide) rings is 1. The fourth-order valence-electron chi connectivity index (χ4n) is 5.61. The summed E-state index contributed by atoms with van der Waals surface area (Å²) >= 11 is 3.13. The number of hydrogen-bond acceptors (Lipinski definition) is 9. The van der Waals surface area contributed by atoms with Gasteiger partial charge in [-0.05, 0) is 23.3 Å². The van der Waals surface area contributed by atoms with Crippen molar-refractivity contribution in [3.05, 3.63) is 79.1 Å². The van der Waals surface area contributed by atoms with Crippen molar-refractivity contribution >= 4 is 51.2 Å². The van der Waals surface area contributed by atoms with Crippen LogP contribution in [0.15, 0.2) is 77.8 Å². The Bertz CT molecular complexity index is 1590. The third-order valence-electron chi connectivity index (χ3n) is 7.82. The van der Waals surface area contributed by atoms with Crippen molar-refractivity contribution < 1.29 is 33.5 Å². The lowest BCUT2D eigenvalue weighted by Gasteiger charge is -2.47. The Hall–Kier alpha value is -3.74. The summed E-state index contributed by atoms with van der Waals surface area (Å²) in [6, 6.07) is 6.01. The molecule has 0 N–H and O–H groups in total. The number of carbonyl (C=O) groups excluding carboxylic acids is 3. The zero-order chi connectivity index (χ0) is 30.7. The summed E-state index contributed by atoms with van der Waals surface area (Å²) in [5.41, 5.74) is 3.19. The fourth-order valence-corrected chi connectivity index (χ4v) is 7.81. The minimum Gasteiger partial charge on any atom is -0.457 e. The van der Waals surface area contributed by atoms with Gasteiger partial charge in [-0.3, -0.25) is 9.68 Å². The summed E-state index contributed by atoms with van der Waals surface area (Å²) in [5.74, 6) is -2.65. The fraction of sp³-hybridized carbons (Fsp3) is 0.387. The van der Waals surface area contributed by atoms with Gasteiger partial charge in [0.05, 0.1) is 41.7 Å². The highest BCUT2D eigenvalue weighted by atomic mass is 32.2. The molecule has 0 aliphatic carbocycles. The minimum absolute atomic E-state index is 0.0274. The molecule has 2 aliphatic heterocycles. The monoisotopic (exact) mass is 623 g/mol. The third kappa shape index (κ3) is 6.31. The summed E-state index contributed by atoms with van der Waals surface area (Å²) in [7, 11) is 2.00. The molecule has 1 aromatic carbocycles. The van der Waals surface area contributed by atoms with Gasteiger partial charge in [-0.15, -0.1) is 17.9 Å². The molecule has 226 valence electrons. The highest BCUT2D eigenvalue weighted by Gasteiger charge is 2.61. The van der Waals surface area contributed by atoms with Gasteiger partial charge in [-0.2, -0.15) is 4.89 Å². The zero-order valence-corrected chi connectivity index (χ0v) is 26.1. The number of imidazole rings is 1. The van der Waals surface area contributed by atoms with Gasteiger partial charge in [0, 0.05) is 18.1 Å². The molecule has 4 atom stereocenters. The average Bonchev–Trinajstić information content (AvgIpc) is 3.67. The number of fused-ring (bicyclic) bond motifs is 2. The Morgan fingerprint density at radius 1 is 1.26 bits per heavy atom. The number of thiazole rings is 1. The van der Waals surface area contributed by atoms with E-state index in [0.717, 1.165) is 33.1 Å². The normalized spacial score (nSPS) is 20.1. The maximum absolute atomic E-state index is 13.3. The molecule has 4 heterocycles. The Morgan fingerprint density at radius 2 is 2.05 bits per heavy atom. The van der Waals surface area contributed by atoms with Crippen molar-refractivity contribution in [3.8, 4) is 0 Å². The van der Waals surface area contributed by atoms with Gasteiger partial charge < -0.3 is 9.64 Å². The van der Waals surface area contributed by atoms with Crippen LogP contribution in [-0.4, -0.2) is 57.3 Å². The molecule has 3 unspecified atom stereocenters. The van der Waals surface area contributed by atoms with Crippen LogP contribution in [-0.2, 0) is 48.9 Å². The number of aryl methyl sites for hydroxylation is 3. The second-order valence-corrected chi connectivity index (χ2v) is 12.9. The lowest BCUT2D eigenvalue weighted by Crippen LogP contribution is -2.63. The van der Waals surface area contributed by atoms with Crippen LogP contribution in [0.3, 0.4) is 0 Å². The lowest BCUT2D eigenvalue weighted by atomic mass is 9.74. The van der Waals surface area contributed by atoms with Crippen LogP contribution in [0.1, 0.15) is 19.4 Å². The number of aromatic nitrogens is 3. The summed E-state index contributed by atoms with van der Waals surface area (Å²) in [5, 5.41) is 0. The number of thioether (sulfide) groups is 1. The number of rotatable bonds is 14. The van der Waals surface area contributed by atoms with E-state index in [1.165, 1.54) is 34.4 Å². The van der Waals surface area contributed by atoms with E-state index in [0.29, 0.717) is 5.75 Å².